The lowest BCUT2D eigenvalue weighted by atomic mass is 9.75. The summed E-state index contributed by atoms with van der Waals surface area (Å²) >= 11 is 0. The number of nitro groups is 1. The molecular weight excluding hydrogens is 304 g/mol. The summed E-state index contributed by atoms with van der Waals surface area (Å²) in [5, 5.41) is 21.2. The topological polar surface area (TPSA) is 66.6 Å². The van der Waals surface area contributed by atoms with Crippen molar-refractivity contribution in [3.63, 3.8) is 0 Å². The summed E-state index contributed by atoms with van der Waals surface area (Å²) in [7, 11) is 0. The van der Waals surface area contributed by atoms with E-state index in [1.165, 1.54) is 6.20 Å². The molecule has 5 heteroatoms. The number of aliphatic hydroxyl groups excluding tert-OH is 1. The van der Waals surface area contributed by atoms with Gasteiger partial charge >= 0.3 is 0 Å². The number of nitrogens with zero attached hydrogens (tertiary/aromatic N) is 2. The fourth-order valence-corrected chi connectivity index (χ4v) is 3.76. The van der Waals surface area contributed by atoms with E-state index in [0.717, 1.165) is 23.7 Å². The average molecular weight is 324 g/mol. The van der Waals surface area contributed by atoms with Gasteiger partial charge in [0.05, 0.1) is 23.3 Å². The Balaban J connectivity index is 2.11. The normalized spacial score (nSPS) is 23.7. The van der Waals surface area contributed by atoms with Gasteiger partial charge < -0.3 is 10.0 Å². The van der Waals surface area contributed by atoms with Crippen LogP contribution in [-0.4, -0.2) is 28.1 Å². The van der Waals surface area contributed by atoms with Crippen LogP contribution >= 0.6 is 0 Å². The molecule has 1 heterocycles. The van der Waals surface area contributed by atoms with Gasteiger partial charge in [-0.3, -0.25) is 10.1 Å². The molecule has 1 aliphatic heterocycles. The molecule has 5 nitrogen and oxygen atoms in total. The Bertz CT molecular complexity index is 718. The number of benzene rings is 2. The summed E-state index contributed by atoms with van der Waals surface area (Å²) in [4.78, 5) is 12.2. The minimum absolute atomic E-state index is 0.0579. The second-order valence-corrected chi connectivity index (χ2v) is 5.98. The standard InChI is InChI=1S/C19H20N2O3/c22-15-19(17-9-5-2-6-10-17)18(16-7-3-1-4-8-16)11-12-20(19)13-14-21(23)24/h1-10,13-14,18,22H,11-12,15H2/b14-13+/t18-,19+/m0/s1. The molecule has 0 bridgehead atoms. The van der Waals surface area contributed by atoms with Crippen LogP contribution in [0.2, 0.25) is 0 Å². The second kappa shape index (κ2) is 6.84. The summed E-state index contributed by atoms with van der Waals surface area (Å²) < 4.78 is 0. The first-order valence-corrected chi connectivity index (χ1v) is 7.98. The van der Waals surface area contributed by atoms with E-state index >= 15 is 0 Å². The van der Waals surface area contributed by atoms with Crippen molar-refractivity contribution in [2.75, 3.05) is 13.2 Å². The van der Waals surface area contributed by atoms with E-state index < -0.39 is 10.5 Å². The summed E-state index contributed by atoms with van der Waals surface area (Å²) in [5.74, 6) is 0.0579. The SMILES string of the molecule is O=[N+]([O-])/C=C/N1CC[C@@H](c2ccccc2)[C@@]1(CO)c1ccccc1. The first-order chi connectivity index (χ1) is 11.7. The monoisotopic (exact) mass is 324 g/mol. The van der Waals surface area contributed by atoms with Crippen molar-refractivity contribution >= 4 is 0 Å². The van der Waals surface area contributed by atoms with Crippen molar-refractivity contribution in [3.8, 4) is 0 Å². The van der Waals surface area contributed by atoms with Crippen molar-refractivity contribution in [3.05, 3.63) is 94.3 Å². The molecule has 1 saturated heterocycles. The largest absolute Gasteiger partial charge is 0.394 e. The lowest BCUT2D eigenvalue weighted by molar-refractivity contribution is -0.403. The highest BCUT2D eigenvalue weighted by Crippen LogP contribution is 2.49. The minimum Gasteiger partial charge on any atom is -0.394 e. The first-order valence-electron chi connectivity index (χ1n) is 7.98. The van der Waals surface area contributed by atoms with E-state index in [1.54, 1.807) is 0 Å². The third-order valence-electron chi connectivity index (χ3n) is 4.83. The third-order valence-corrected chi connectivity index (χ3v) is 4.83. The molecular formula is C19H20N2O3. The van der Waals surface area contributed by atoms with Crippen molar-refractivity contribution in [1.29, 1.82) is 0 Å². The molecule has 0 spiro atoms. The molecule has 124 valence electrons. The van der Waals surface area contributed by atoms with E-state index in [4.69, 9.17) is 0 Å². The number of hydrogen-bond acceptors (Lipinski definition) is 4. The molecule has 1 aliphatic rings. The van der Waals surface area contributed by atoms with Crippen LogP contribution in [0.3, 0.4) is 0 Å². The quantitative estimate of drug-likeness (QED) is 0.678. The summed E-state index contributed by atoms with van der Waals surface area (Å²) in [6.45, 7) is 0.540. The van der Waals surface area contributed by atoms with Crippen LogP contribution in [0.1, 0.15) is 23.5 Å². The lowest BCUT2D eigenvalue weighted by Gasteiger charge is -2.41. The van der Waals surface area contributed by atoms with Gasteiger partial charge in [-0.05, 0) is 17.5 Å². The predicted molar refractivity (Wildman–Crippen MR) is 91.8 cm³/mol. The van der Waals surface area contributed by atoms with E-state index in [1.807, 2.05) is 53.4 Å². The van der Waals surface area contributed by atoms with E-state index in [0.29, 0.717) is 6.54 Å². The van der Waals surface area contributed by atoms with Gasteiger partial charge in [-0.2, -0.15) is 0 Å². The zero-order valence-corrected chi connectivity index (χ0v) is 13.3. The van der Waals surface area contributed by atoms with Crippen LogP contribution in [0.25, 0.3) is 0 Å². The van der Waals surface area contributed by atoms with E-state index in [2.05, 4.69) is 12.1 Å². The van der Waals surface area contributed by atoms with Crippen LogP contribution in [0.5, 0.6) is 0 Å². The molecule has 24 heavy (non-hydrogen) atoms. The van der Waals surface area contributed by atoms with Crippen LogP contribution in [-0.2, 0) is 5.54 Å². The van der Waals surface area contributed by atoms with Gasteiger partial charge in [-0.15, -0.1) is 0 Å². The number of aliphatic hydroxyl groups is 1. The molecule has 0 aromatic heterocycles. The Hall–Kier alpha value is -2.66. The fourth-order valence-electron chi connectivity index (χ4n) is 3.76. The highest BCUT2D eigenvalue weighted by molar-refractivity contribution is 5.36. The summed E-state index contributed by atoms with van der Waals surface area (Å²) in [6, 6.07) is 19.8. The van der Waals surface area contributed by atoms with Crippen LogP contribution in [0, 0.1) is 10.1 Å². The Morgan fingerprint density at radius 3 is 2.38 bits per heavy atom. The van der Waals surface area contributed by atoms with E-state index in [9.17, 15) is 15.2 Å². The summed E-state index contributed by atoms with van der Waals surface area (Å²) in [5.41, 5.74) is 1.40. The van der Waals surface area contributed by atoms with Crippen molar-refractivity contribution in [1.82, 2.24) is 4.90 Å². The Kier molecular flexibility index (Phi) is 4.62. The number of rotatable bonds is 5. The van der Waals surface area contributed by atoms with Gasteiger partial charge in [0, 0.05) is 12.5 Å². The molecule has 0 radical (unpaired) electrons. The molecule has 0 unspecified atom stereocenters. The molecule has 0 saturated carbocycles. The maximum absolute atomic E-state index is 10.8. The van der Waals surface area contributed by atoms with Crippen molar-refractivity contribution < 1.29 is 10.0 Å². The smallest absolute Gasteiger partial charge is 0.250 e. The van der Waals surface area contributed by atoms with Gasteiger partial charge in [0.15, 0.2) is 0 Å². The second-order valence-electron chi connectivity index (χ2n) is 5.98. The molecule has 1 N–H and O–H groups in total. The Morgan fingerprint density at radius 1 is 1.17 bits per heavy atom. The molecule has 2 aromatic rings. The van der Waals surface area contributed by atoms with Crippen LogP contribution < -0.4 is 0 Å². The highest BCUT2D eigenvalue weighted by Gasteiger charge is 2.49. The van der Waals surface area contributed by atoms with Crippen LogP contribution in [0.4, 0.5) is 0 Å². The zero-order chi connectivity index (χ0) is 17.0. The fraction of sp³-hybridized carbons (Fsp3) is 0.263. The molecule has 3 rings (SSSR count). The van der Waals surface area contributed by atoms with E-state index in [-0.39, 0.29) is 12.5 Å². The first kappa shape index (κ1) is 16.2. The minimum atomic E-state index is -0.699. The van der Waals surface area contributed by atoms with Crippen molar-refractivity contribution in [2.24, 2.45) is 0 Å². The summed E-state index contributed by atoms with van der Waals surface area (Å²) in [6.07, 6.45) is 3.26. The van der Waals surface area contributed by atoms with Gasteiger partial charge in [0.2, 0.25) is 6.20 Å². The van der Waals surface area contributed by atoms with Gasteiger partial charge in [-0.1, -0.05) is 60.7 Å². The van der Waals surface area contributed by atoms with Gasteiger partial charge in [-0.25, -0.2) is 0 Å². The number of hydrogen-bond donors (Lipinski definition) is 1. The number of likely N-dealkylation sites (tertiary alicyclic amines) is 1. The third kappa shape index (κ3) is 2.78. The highest BCUT2D eigenvalue weighted by atomic mass is 16.6. The maximum Gasteiger partial charge on any atom is 0.250 e. The van der Waals surface area contributed by atoms with Crippen LogP contribution in [0.15, 0.2) is 73.1 Å². The molecule has 0 amide bonds. The zero-order valence-electron chi connectivity index (χ0n) is 13.3. The van der Waals surface area contributed by atoms with Gasteiger partial charge in [0.1, 0.15) is 0 Å². The molecule has 0 aliphatic carbocycles. The molecule has 1 fully saturated rings. The maximum atomic E-state index is 10.8. The predicted octanol–water partition coefficient (Wildman–Crippen LogP) is 3.11. The Labute approximate surface area is 141 Å². The Morgan fingerprint density at radius 2 is 1.79 bits per heavy atom. The molecule has 2 aromatic carbocycles. The van der Waals surface area contributed by atoms with Crippen molar-refractivity contribution in [2.45, 2.75) is 17.9 Å². The molecule has 2 atom stereocenters. The lowest BCUT2D eigenvalue weighted by Crippen LogP contribution is -2.45. The average Bonchev–Trinajstić information content (AvgIpc) is 3.01. The van der Waals surface area contributed by atoms with Gasteiger partial charge in [0.25, 0.3) is 0 Å².